The third kappa shape index (κ3) is 3.60. The zero-order valence-electron chi connectivity index (χ0n) is 15.1. The van der Waals surface area contributed by atoms with Crippen molar-refractivity contribution in [3.8, 4) is 0 Å². The quantitative estimate of drug-likeness (QED) is 0.793. The molecule has 4 rings (SSSR count). The maximum Gasteiger partial charge on any atom is 0.315 e. The molecule has 4 saturated carbocycles. The van der Waals surface area contributed by atoms with E-state index < -0.39 is 0 Å². The highest BCUT2D eigenvalue weighted by Crippen LogP contribution is 2.55. The van der Waals surface area contributed by atoms with Crippen LogP contribution in [0.5, 0.6) is 0 Å². The summed E-state index contributed by atoms with van der Waals surface area (Å²) in [6, 6.07) is 0.0520. The fourth-order valence-electron chi connectivity index (χ4n) is 6.21. The highest BCUT2D eigenvalue weighted by atomic mass is 16.2. The molecule has 0 heterocycles. The molecule has 4 bridgehead atoms. The zero-order valence-corrected chi connectivity index (χ0v) is 15.1. The van der Waals surface area contributed by atoms with Crippen molar-refractivity contribution >= 4 is 6.03 Å². The second-order valence-electron chi connectivity index (χ2n) is 10.4. The fraction of sp³-hybridized carbons (Fsp3) is 0.947. The highest BCUT2D eigenvalue weighted by Gasteiger charge is 2.51. The first-order chi connectivity index (χ1) is 10.0. The van der Waals surface area contributed by atoms with Crippen LogP contribution in [0.4, 0.5) is 4.79 Å². The minimum absolute atomic E-state index is 0.0520. The number of hydrogen-bond acceptors (Lipinski definition) is 1. The van der Waals surface area contributed by atoms with Gasteiger partial charge in [0, 0.05) is 11.1 Å². The maximum absolute atomic E-state index is 12.6. The van der Waals surface area contributed by atoms with Gasteiger partial charge in [-0.25, -0.2) is 4.79 Å². The van der Waals surface area contributed by atoms with E-state index in [1.165, 1.54) is 38.5 Å². The molecule has 0 unspecified atom stereocenters. The standard InChI is InChI=1S/C19H34N2O/c1-17(2,3)12-18(4,5)20-16(22)21-19-9-13-6-14(10-19)8-15(7-13)11-19/h13-15H,6-12H2,1-5H3,(H2,20,21,22). The molecule has 0 saturated heterocycles. The van der Waals surface area contributed by atoms with Crippen molar-refractivity contribution in [1.29, 1.82) is 0 Å². The van der Waals surface area contributed by atoms with E-state index in [2.05, 4.69) is 45.3 Å². The summed E-state index contributed by atoms with van der Waals surface area (Å²) in [4.78, 5) is 12.6. The van der Waals surface area contributed by atoms with E-state index in [0.717, 1.165) is 24.2 Å². The molecule has 22 heavy (non-hydrogen) atoms. The van der Waals surface area contributed by atoms with E-state index in [1.54, 1.807) is 0 Å². The van der Waals surface area contributed by atoms with Crippen molar-refractivity contribution in [3.05, 3.63) is 0 Å². The minimum Gasteiger partial charge on any atom is -0.333 e. The van der Waals surface area contributed by atoms with Gasteiger partial charge in [0.2, 0.25) is 0 Å². The van der Waals surface area contributed by atoms with Gasteiger partial charge in [0.15, 0.2) is 0 Å². The Balaban J connectivity index is 1.60. The second-order valence-corrected chi connectivity index (χ2v) is 10.4. The van der Waals surface area contributed by atoms with Crippen LogP contribution in [0, 0.1) is 23.2 Å². The van der Waals surface area contributed by atoms with Crippen LogP contribution in [0.25, 0.3) is 0 Å². The van der Waals surface area contributed by atoms with Gasteiger partial charge in [0.1, 0.15) is 0 Å². The van der Waals surface area contributed by atoms with Gasteiger partial charge >= 0.3 is 6.03 Å². The molecular weight excluding hydrogens is 272 g/mol. The smallest absolute Gasteiger partial charge is 0.315 e. The van der Waals surface area contributed by atoms with Crippen LogP contribution in [-0.4, -0.2) is 17.1 Å². The lowest BCUT2D eigenvalue weighted by atomic mass is 9.53. The number of rotatable bonds is 3. The van der Waals surface area contributed by atoms with E-state index in [4.69, 9.17) is 0 Å². The Kier molecular flexibility index (Phi) is 3.77. The summed E-state index contributed by atoms with van der Waals surface area (Å²) in [5.41, 5.74) is 0.165. The second kappa shape index (κ2) is 5.14. The Labute approximate surface area is 136 Å². The zero-order chi connectivity index (χ0) is 16.2. The largest absolute Gasteiger partial charge is 0.333 e. The van der Waals surface area contributed by atoms with Gasteiger partial charge in [-0.2, -0.15) is 0 Å². The molecule has 2 N–H and O–H groups in total. The summed E-state index contributed by atoms with van der Waals surface area (Å²) < 4.78 is 0. The van der Waals surface area contributed by atoms with Crippen molar-refractivity contribution in [2.75, 3.05) is 0 Å². The van der Waals surface area contributed by atoms with Crippen molar-refractivity contribution in [2.24, 2.45) is 23.2 Å². The van der Waals surface area contributed by atoms with Gasteiger partial charge in [0.05, 0.1) is 0 Å². The van der Waals surface area contributed by atoms with Gasteiger partial charge in [-0.3, -0.25) is 0 Å². The lowest BCUT2D eigenvalue weighted by Gasteiger charge is -2.57. The Hall–Kier alpha value is -0.730. The predicted molar refractivity (Wildman–Crippen MR) is 90.7 cm³/mol. The summed E-state index contributed by atoms with van der Waals surface area (Å²) in [5, 5.41) is 6.65. The number of amides is 2. The molecule has 3 nitrogen and oxygen atoms in total. The molecular formula is C19H34N2O. The van der Waals surface area contributed by atoms with Crippen LogP contribution < -0.4 is 10.6 Å². The van der Waals surface area contributed by atoms with Gasteiger partial charge in [0.25, 0.3) is 0 Å². The maximum atomic E-state index is 12.6. The minimum atomic E-state index is -0.162. The Morgan fingerprint density at radius 1 is 0.955 bits per heavy atom. The summed E-state index contributed by atoms with van der Waals surface area (Å²) in [7, 11) is 0. The average Bonchev–Trinajstić information content (AvgIpc) is 2.19. The Morgan fingerprint density at radius 3 is 1.82 bits per heavy atom. The first-order valence-electron chi connectivity index (χ1n) is 9.15. The third-order valence-corrected chi connectivity index (χ3v) is 5.84. The lowest BCUT2D eigenvalue weighted by molar-refractivity contribution is -0.0139. The van der Waals surface area contributed by atoms with E-state index in [1.807, 2.05) is 0 Å². The van der Waals surface area contributed by atoms with E-state index in [9.17, 15) is 4.79 Å². The first-order valence-corrected chi connectivity index (χ1v) is 9.15. The third-order valence-electron chi connectivity index (χ3n) is 5.84. The Bertz CT molecular complexity index is 412. The molecule has 0 aromatic heterocycles. The average molecular weight is 306 g/mol. The van der Waals surface area contributed by atoms with Crippen LogP contribution in [0.2, 0.25) is 0 Å². The molecule has 0 atom stereocenters. The van der Waals surface area contributed by atoms with Crippen molar-refractivity contribution in [3.63, 3.8) is 0 Å². The molecule has 0 spiro atoms. The van der Waals surface area contributed by atoms with Crippen molar-refractivity contribution in [1.82, 2.24) is 10.6 Å². The fourth-order valence-corrected chi connectivity index (χ4v) is 6.21. The molecule has 0 radical (unpaired) electrons. The number of carbonyl (C=O) groups is 1. The lowest BCUT2D eigenvalue weighted by Crippen LogP contribution is -2.63. The first kappa shape index (κ1) is 16.1. The number of urea groups is 1. The number of carbonyl (C=O) groups excluding carboxylic acids is 1. The summed E-state index contributed by atoms with van der Waals surface area (Å²) in [5.74, 6) is 2.61. The number of nitrogens with one attached hydrogen (secondary N) is 2. The molecule has 4 aliphatic rings. The molecule has 0 aromatic carbocycles. The van der Waals surface area contributed by atoms with Gasteiger partial charge in [-0.15, -0.1) is 0 Å². The van der Waals surface area contributed by atoms with Crippen molar-refractivity contribution < 1.29 is 4.79 Å². The summed E-state index contributed by atoms with van der Waals surface area (Å²) in [6.45, 7) is 11.0. The van der Waals surface area contributed by atoms with Gasteiger partial charge < -0.3 is 10.6 Å². The van der Waals surface area contributed by atoms with Crippen LogP contribution in [-0.2, 0) is 0 Å². The molecule has 0 aliphatic heterocycles. The molecule has 2 amide bonds. The van der Waals surface area contributed by atoms with Crippen molar-refractivity contribution in [2.45, 2.75) is 90.6 Å². The highest BCUT2D eigenvalue weighted by molar-refractivity contribution is 5.75. The molecule has 4 fully saturated rings. The monoisotopic (exact) mass is 306 g/mol. The van der Waals surface area contributed by atoms with Crippen LogP contribution >= 0.6 is 0 Å². The summed E-state index contributed by atoms with van der Waals surface area (Å²) >= 11 is 0. The molecule has 4 aliphatic carbocycles. The number of hydrogen-bond donors (Lipinski definition) is 2. The van der Waals surface area contributed by atoms with E-state index in [0.29, 0.717) is 0 Å². The summed E-state index contributed by atoms with van der Waals surface area (Å²) in [6.07, 6.45) is 8.87. The van der Waals surface area contributed by atoms with Gasteiger partial charge in [-0.1, -0.05) is 20.8 Å². The van der Waals surface area contributed by atoms with Gasteiger partial charge in [-0.05, 0) is 82.0 Å². The molecule has 0 aromatic rings. The van der Waals surface area contributed by atoms with E-state index in [-0.39, 0.29) is 22.5 Å². The van der Waals surface area contributed by atoms with Crippen LogP contribution in [0.15, 0.2) is 0 Å². The van der Waals surface area contributed by atoms with Crippen LogP contribution in [0.3, 0.4) is 0 Å². The molecule has 126 valence electrons. The SMILES string of the molecule is CC(C)(C)CC(C)(C)NC(=O)NC12CC3CC(CC(C3)C1)C2. The Morgan fingerprint density at radius 2 is 1.41 bits per heavy atom. The normalized spacial score (nSPS) is 37.2. The predicted octanol–water partition coefficient (Wildman–Crippen LogP) is 4.47. The van der Waals surface area contributed by atoms with Crippen LogP contribution in [0.1, 0.15) is 79.6 Å². The molecule has 3 heteroatoms. The van der Waals surface area contributed by atoms with E-state index >= 15 is 0 Å². The topological polar surface area (TPSA) is 41.1 Å².